The summed E-state index contributed by atoms with van der Waals surface area (Å²) in [5.74, 6) is 1.89. The molecule has 1 unspecified atom stereocenters. The Morgan fingerprint density at radius 3 is 2.64 bits per heavy atom. The standard InChI is InChI=1S/C10H16O/c1-9(2)6-4-5-10(3)8(11-10)7(6)9/h6-8H,4-5H2,1-3H3/t6-,7-,8?,10-/m1/s1. The Bertz CT molecular complexity index is 221. The monoisotopic (exact) mass is 152 g/mol. The van der Waals surface area contributed by atoms with E-state index in [2.05, 4.69) is 20.8 Å². The van der Waals surface area contributed by atoms with E-state index in [0.717, 1.165) is 11.8 Å². The average Bonchev–Trinajstić information content (AvgIpc) is 2.69. The fourth-order valence-electron chi connectivity index (χ4n) is 3.29. The summed E-state index contributed by atoms with van der Waals surface area (Å²) in [4.78, 5) is 0. The first-order valence-corrected chi connectivity index (χ1v) is 4.73. The van der Waals surface area contributed by atoms with Crippen molar-refractivity contribution in [1.29, 1.82) is 0 Å². The molecule has 0 aromatic rings. The van der Waals surface area contributed by atoms with Crippen molar-refractivity contribution in [3.8, 4) is 0 Å². The average molecular weight is 152 g/mol. The van der Waals surface area contributed by atoms with Crippen molar-refractivity contribution in [3.05, 3.63) is 0 Å². The molecule has 3 rings (SSSR count). The van der Waals surface area contributed by atoms with Crippen LogP contribution in [0.15, 0.2) is 0 Å². The third-order valence-corrected chi connectivity index (χ3v) is 4.36. The molecule has 1 heteroatoms. The van der Waals surface area contributed by atoms with Gasteiger partial charge in [0.1, 0.15) is 0 Å². The number of hydrogen-bond donors (Lipinski definition) is 0. The third-order valence-electron chi connectivity index (χ3n) is 4.36. The molecule has 0 spiro atoms. The summed E-state index contributed by atoms with van der Waals surface area (Å²) in [5, 5.41) is 0. The Kier molecular flexibility index (Phi) is 0.820. The number of epoxide rings is 1. The number of hydrogen-bond acceptors (Lipinski definition) is 1. The minimum Gasteiger partial charge on any atom is -0.366 e. The zero-order valence-electron chi connectivity index (χ0n) is 7.55. The predicted molar refractivity (Wildman–Crippen MR) is 43.3 cm³/mol. The van der Waals surface area contributed by atoms with Crippen LogP contribution in [0.5, 0.6) is 0 Å². The van der Waals surface area contributed by atoms with E-state index in [1.54, 1.807) is 0 Å². The normalized spacial score (nSPS) is 63.0. The molecule has 2 aliphatic carbocycles. The zero-order valence-corrected chi connectivity index (χ0v) is 7.55. The molecule has 0 aromatic heterocycles. The Morgan fingerprint density at radius 1 is 1.27 bits per heavy atom. The van der Waals surface area contributed by atoms with Gasteiger partial charge in [0, 0.05) is 0 Å². The van der Waals surface area contributed by atoms with Crippen LogP contribution in [0.4, 0.5) is 0 Å². The minimum absolute atomic E-state index is 0.314. The summed E-state index contributed by atoms with van der Waals surface area (Å²) < 4.78 is 5.75. The van der Waals surface area contributed by atoms with Gasteiger partial charge in [-0.25, -0.2) is 0 Å². The van der Waals surface area contributed by atoms with Gasteiger partial charge >= 0.3 is 0 Å². The largest absolute Gasteiger partial charge is 0.366 e. The van der Waals surface area contributed by atoms with Crippen molar-refractivity contribution in [2.45, 2.75) is 45.3 Å². The fraction of sp³-hybridized carbons (Fsp3) is 1.00. The molecule has 0 bridgehead atoms. The molecule has 2 saturated carbocycles. The molecule has 1 heterocycles. The maximum atomic E-state index is 5.75. The summed E-state index contributed by atoms with van der Waals surface area (Å²) in [6, 6.07) is 0. The van der Waals surface area contributed by atoms with Gasteiger partial charge in [-0.1, -0.05) is 13.8 Å². The van der Waals surface area contributed by atoms with Gasteiger partial charge in [-0.3, -0.25) is 0 Å². The van der Waals surface area contributed by atoms with Crippen LogP contribution in [-0.4, -0.2) is 11.7 Å². The maximum Gasteiger partial charge on any atom is 0.0923 e. The van der Waals surface area contributed by atoms with Gasteiger partial charge in [-0.2, -0.15) is 0 Å². The van der Waals surface area contributed by atoms with E-state index < -0.39 is 0 Å². The summed E-state index contributed by atoms with van der Waals surface area (Å²) in [6.45, 7) is 7.08. The Hall–Kier alpha value is -0.0400. The Balaban J connectivity index is 1.90. The molecule has 1 aliphatic heterocycles. The molecular weight excluding hydrogens is 136 g/mol. The lowest BCUT2D eigenvalue weighted by Crippen LogP contribution is -2.16. The Morgan fingerprint density at radius 2 is 2.00 bits per heavy atom. The highest BCUT2D eigenvalue weighted by Gasteiger charge is 2.74. The molecule has 3 aliphatic rings. The van der Waals surface area contributed by atoms with Crippen molar-refractivity contribution in [2.24, 2.45) is 17.3 Å². The van der Waals surface area contributed by atoms with E-state index in [1.807, 2.05) is 0 Å². The van der Waals surface area contributed by atoms with Crippen molar-refractivity contribution < 1.29 is 4.74 Å². The summed E-state index contributed by atoms with van der Waals surface area (Å²) in [7, 11) is 0. The van der Waals surface area contributed by atoms with Crippen LogP contribution in [0.25, 0.3) is 0 Å². The quantitative estimate of drug-likeness (QED) is 0.485. The topological polar surface area (TPSA) is 12.5 Å². The number of rotatable bonds is 0. The van der Waals surface area contributed by atoms with Crippen LogP contribution in [0.2, 0.25) is 0 Å². The van der Waals surface area contributed by atoms with E-state index in [-0.39, 0.29) is 0 Å². The molecule has 3 fully saturated rings. The second-order valence-corrected chi connectivity index (χ2v) is 5.34. The predicted octanol–water partition coefficient (Wildman–Crippen LogP) is 2.21. The van der Waals surface area contributed by atoms with Gasteiger partial charge in [-0.05, 0) is 37.0 Å². The molecule has 0 aromatic carbocycles. The van der Waals surface area contributed by atoms with Gasteiger partial charge in [0.15, 0.2) is 0 Å². The van der Waals surface area contributed by atoms with Crippen LogP contribution in [-0.2, 0) is 4.74 Å². The summed E-state index contributed by atoms with van der Waals surface area (Å²) in [5.41, 5.74) is 0.924. The van der Waals surface area contributed by atoms with Crippen molar-refractivity contribution >= 4 is 0 Å². The molecule has 4 atom stereocenters. The van der Waals surface area contributed by atoms with Gasteiger partial charge < -0.3 is 4.74 Å². The van der Waals surface area contributed by atoms with E-state index in [1.165, 1.54) is 12.8 Å². The van der Waals surface area contributed by atoms with Crippen LogP contribution in [0, 0.1) is 17.3 Å². The molecule has 0 radical (unpaired) electrons. The highest BCUT2D eigenvalue weighted by atomic mass is 16.6. The van der Waals surface area contributed by atoms with Crippen LogP contribution in [0.1, 0.15) is 33.6 Å². The second-order valence-electron chi connectivity index (χ2n) is 5.34. The SMILES string of the molecule is CC1(C)[C@@H]2CC[C@@]3(C)OC3[C@@H]21. The van der Waals surface area contributed by atoms with Gasteiger partial charge in [-0.15, -0.1) is 0 Å². The first kappa shape index (κ1) is 6.47. The maximum absolute atomic E-state index is 5.75. The van der Waals surface area contributed by atoms with Crippen molar-refractivity contribution in [1.82, 2.24) is 0 Å². The number of ether oxygens (including phenoxy) is 1. The Labute approximate surface area is 68.1 Å². The molecule has 0 N–H and O–H groups in total. The van der Waals surface area contributed by atoms with E-state index in [0.29, 0.717) is 17.1 Å². The third kappa shape index (κ3) is 0.581. The van der Waals surface area contributed by atoms with Gasteiger partial charge in [0.25, 0.3) is 0 Å². The lowest BCUT2D eigenvalue weighted by molar-refractivity contribution is 0.286. The second kappa shape index (κ2) is 1.39. The number of fused-ring (bicyclic) bond motifs is 3. The van der Waals surface area contributed by atoms with Crippen LogP contribution >= 0.6 is 0 Å². The summed E-state index contributed by atoms with van der Waals surface area (Å²) >= 11 is 0. The molecular formula is C10H16O. The first-order chi connectivity index (χ1) is 5.06. The minimum atomic E-state index is 0.314. The van der Waals surface area contributed by atoms with Crippen LogP contribution in [0.3, 0.4) is 0 Å². The van der Waals surface area contributed by atoms with Crippen LogP contribution < -0.4 is 0 Å². The molecule has 0 amide bonds. The van der Waals surface area contributed by atoms with Gasteiger partial charge in [0.2, 0.25) is 0 Å². The highest BCUT2D eigenvalue weighted by molar-refractivity contribution is 5.21. The van der Waals surface area contributed by atoms with E-state index in [4.69, 9.17) is 4.74 Å². The summed E-state index contributed by atoms with van der Waals surface area (Å²) in [6.07, 6.45) is 3.35. The molecule has 1 nitrogen and oxygen atoms in total. The fourth-order valence-corrected chi connectivity index (χ4v) is 3.29. The molecule has 62 valence electrons. The first-order valence-electron chi connectivity index (χ1n) is 4.73. The molecule has 1 saturated heterocycles. The van der Waals surface area contributed by atoms with E-state index in [9.17, 15) is 0 Å². The van der Waals surface area contributed by atoms with E-state index >= 15 is 0 Å². The van der Waals surface area contributed by atoms with Gasteiger partial charge in [0.05, 0.1) is 11.7 Å². The smallest absolute Gasteiger partial charge is 0.0923 e. The highest BCUT2D eigenvalue weighted by Crippen LogP contribution is 2.72. The van der Waals surface area contributed by atoms with Crippen molar-refractivity contribution in [2.75, 3.05) is 0 Å². The molecule has 11 heavy (non-hydrogen) atoms. The van der Waals surface area contributed by atoms with Crippen molar-refractivity contribution in [3.63, 3.8) is 0 Å². The zero-order chi connectivity index (χ0) is 7.85. The lowest BCUT2D eigenvalue weighted by atomic mass is 9.91. The lowest BCUT2D eigenvalue weighted by Gasteiger charge is -2.09.